The van der Waals surface area contributed by atoms with Gasteiger partial charge in [-0.2, -0.15) is 0 Å². The van der Waals surface area contributed by atoms with Gasteiger partial charge in [0.25, 0.3) is 0 Å². The summed E-state index contributed by atoms with van der Waals surface area (Å²) in [5.74, 6) is 0.0550. The van der Waals surface area contributed by atoms with Gasteiger partial charge in [0.1, 0.15) is 0 Å². The predicted octanol–water partition coefficient (Wildman–Crippen LogP) is 1.30. The molecule has 0 aromatic heterocycles. The first-order valence-electron chi connectivity index (χ1n) is 7.34. The molecule has 6 nitrogen and oxygen atoms in total. The number of methoxy groups -OCH3 is 1. The van der Waals surface area contributed by atoms with Gasteiger partial charge in [0.05, 0.1) is 4.90 Å². The molecule has 1 aliphatic rings. The lowest BCUT2D eigenvalue weighted by Gasteiger charge is -2.26. The highest BCUT2D eigenvalue weighted by Gasteiger charge is 2.23. The van der Waals surface area contributed by atoms with Crippen molar-refractivity contribution < 1.29 is 17.9 Å². The van der Waals surface area contributed by atoms with Crippen LogP contribution in [-0.2, 0) is 26.0 Å². The number of aryl methyl sites for hydroxylation is 1. The quantitative estimate of drug-likeness (QED) is 0.766. The SMILES string of the molecule is COCCCCNS(=O)(=O)c1ccc2c(c1)CCC(=O)N2C. The van der Waals surface area contributed by atoms with E-state index < -0.39 is 10.0 Å². The van der Waals surface area contributed by atoms with Gasteiger partial charge in [-0.15, -0.1) is 0 Å². The van der Waals surface area contributed by atoms with Crippen LogP contribution in [0.3, 0.4) is 0 Å². The van der Waals surface area contributed by atoms with E-state index in [0.717, 1.165) is 24.1 Å². The first-order valence-corrected chi connectivity index (χ1v) is 8.82. The van der Waals surface area contributed by atoms with Gasteiger partial charge in [-0.05, 0) is 43.0 Å². The minimum absolute atomic E-state index is 0.0550. The summed E-state index contributed by atoms with van der Waals surface area (Å²) in [6.07, 6.45) is 2.54. The Hall–Kier alpha value is -1.44. The molecule has 1 aromatic rings. The molecule has 0 fully saturated rings. The Morgan fingerprint density at radius 1 is 1.27 bits per heavy atom. The Bertz CT molecular complexity index is 643. The molecule has 0 bridgehead atoms. The summed E-state index contributed by atoms with van der Waals surface area (Å²) in [6.45, 7) is 1.02. The van der Waals surface area contributed by atoms with Crippen LogP contribution in [-0.4, -0.2) is 41.6 Å². The number of sulfonamides is 1. The third kappa shape index (κ3) is 3.85. The van der Waals surface area contributed by atoms with Crippen molar-refractivity contribution in [3.63, 3.8) is 0 Å². The zero-order chi connectivity index (χ0) is 16.2. The normalized spacial score (nSPS) is 15.0. The largest absolute Gasteiger partial charge is 0.385 e. The maximum Gasteiger partial charge on any atom is 0.240 e. The monoisotopic (exact) mass is 326 g/mol. The van der Waals surface area contributed by atoms with E-state index in [1.807, 2.05) is 0 Å². The smallest absolute Gasteiger partial charge is 0.240 e. The van der Waals surface area contributed by atoms with Gasteiger partial charge in [0, 0.05) is 39.4 Å². The number of anilines is 1. The minimum Gasteiger partial charge on any atom is -0.385 e. The molecule has 1 aliphatic heterocycles. The lowest BCUT2D eigenvalue weighted by Crippen LogP contribution is -2.31. The van der Waals surface area contributed by atoms with Crippen LogP contribution in [0.1, 0.15) is 24.8 Å². The fourth-order valence-electron chi connectivity index (χ4n) is 2.46. The average molecular weight is 326 g/mol. The molecular formula is C15H22N2O4S. The molecule has 1 heterocycles. The van der Waals surface area contributed by atoms with Crippen LogP contribution in [0, 0.1) is 0 Å². The molecule has 0 saturated heterocycles. The number of nitrogens with zero attached hydrogens (tertiary/aromatic N) is 1. The summed E-state index contributed by atoms with van der Waals surface area (Å²) < 4.78 is 32.1. The van der Waals surface area contributed by atoms with Crippen molar-refractivity contribution in [1.82, 2.24) is 4.72 Å². The fraction of sp³-hybridized carbons (Fsp3) is 0.533. The first-order chi connectivity index (χ1) is 10.5. The average Bonchev–Trinajstić information content (AvgIpc) is 2.50. The Balaban J connectivity index is 2.07. The van der Waals surface area contributed by atoms with E-state index in [-0.39, 0.29) is 10.8 Å². The van der Waals surface area contributed by atoms with Crippen molar-refractivity contribution in [1.29, 1.82) is 0 Å². The van der Waals surface area contributed by atoms with Crippen LogP contribution in [0.5, 0.6) is 0 Å². The molecule has 0 atom stereocenters. The number of amides is 1. The number of carbonyl (C=O) groups excluding carboxylic acids is 1. The Labute approximate surface area is 131 Å². The van der Waals surface area contributed by atoms with Crippen LogP contribution in [0.2, 0.25) is 0 Å². The van der Waals surface area contributed by atoms with E-state index in [1.54, 1.807) is 37.3 Å². The second-order valence-electron chi connectivity index (χ2n) is 5.34. The summed E-state index contributed by atoms with van der Waals surface area (Å²) in [5, 5.41) is 0. The summed E-state index contributed by atoms with van der Waals surface area (Å²) >= 11 is 0. The third-order valence-electron chi connectivity index (χ3n) is 3.77. The van der Waals surface area contributed by atoms with Crippen molar-refractivity contribution in [3.05, 3.63) is 23.8 Å². The molecule has 0 spiro atoms. The van der Waals surface area contributed by atoms with Crippen LogP contribution in [0.4, 0.5) is 5.69 Å². The van der Waals surface area contributed by atoms with Gasteiger partial charge in [-0.1, -0.05) is 0 Å². The lowest BCUT2D eigenvalue weighted by atomic mass is 10.0. The van der Waals surface area contributed by atoms with Gasteiger partial charge in [0.2, 0.25) is 15.9 Å². The predicted molar refractivity (Wildman–Crippen MR) is 84.5 cm³/mol. The van der Waals surface area contributed by atoms with Crippen LogP contribution in [0.15, 0.2) is 23.1 Å². The van der Waals surface area contributed by atoms with E-state index in [1.165, 1.54) is 0 Å². The highest BCUT2D eigenvalue weighted by Crippen LogP contribution is 2.28. The van der Waals surface area contributed by atoms with Crippen molar-refractivity contribution in [3.8, 4) is 0 Å². The van der Waals surface area contributed by atoms with Crippen molar-refractivity contribution in [2.24, 2.45) is 0 Å². The number of benzene rings is 1. The van der Waals surface area contributed by atoms with Gasteiger partial charge in [0.15, 0.2) is 0 Å². The molecule has 0 radical (unpaired) electrons. The van der Waals surface area contributed by atoms with Crippen LogP contribution in [0.25, 0.3) is 0 Å². The van der Waals surface area contributed by atoms with E-state index in [4.69, 9.17) is 4.74 Å². The second kappa shape index (κ2) is 7.21. The molecule has 1 amide bonds. The van der Waals surface area contributed by atoms with E-state index in [9.17, 15) is 13.2 Å². The van der Waals surface area contributed by atoms with E-state index >= 15 is 0 Å². The number of carbonyl (C=O) groups is 1. The standard InChI is InChI=1S/C15H22N2O4S/c1-17-14-7-6-13(11-12(14)5-8-15(17)18)22(19,20)16-9-3-4-10-21-2/h6-7,11,16H,3-5,8-10H2,1-2H3. The van der Waals surface area contributed by atoms with Crippen molar-refractivity contribution in [2.75, 3.05) is 32.2 Å². The molecule has 1 N–H and O–H groups in total. The van der Waals surface area contributed by atoms with E-state index in [2.05, 4.69) is 4.72 Å². The third-order valence-corrected chi connectivity index (χ3v) is 5.23. The molecule has 0 saturated carbocycles. The number of ether oxygens (including phenoxy) is 1. The number of fused-ring (bicyclic) bond motifs is 1. The van der Waals surface area contributed by atoms with Crippen LogP contribution >= 0.6 is 0 Å². The van der Waals surface area contributed by atoms with E-state index in [0.29, 0.717) is 26.0 Å². The Morgan fingerprint density at radius 3 is 2.77 bits per heavy atom. The molecular weight excluding hydrogens is 304 g/mol. The topological polar surface area (TPSA) is 75.7 Å². The minimum atomic E-state index is -3.51. The van der Waals surface area contributed by atoms with Gasteiger partial charge in [-0.25, -0.2) is 13.1 Å². The first kappa shape index (κ1) is 16.9. The maximum atomic E-state index is 12.3. The summed E-state index contributed by atoms with van der Waals surface area (Å²) in [5.41, 5.74) is 1.68. The molecule has 7 heteroatoms. The van der Waals surface area contributed by atoms with Gasteiger partial charge < -0.3 is 9.64 Å². The van der Waals surface area contributed by atoms with Gasteiger partial charge in [-0.3, -0.25) is 4.79 Å². The maximum absolute atomic E-state index is 12.3. The molecule has 0 aliphatic carbocycles. The molecule has 2 rings (SSSR count). The number of unbranched alkanes of at least 4 members (excludes halogenated alkanes) is 1. The fourth-order valence-corrected chi connectivity index (χ4v) is 3.59. The number of hydrogen-bond donors (Lipinski definition) is 1. The number of nitrogens with one attached hydrogen (secondary N) is 1. The highest BCUT2D eigenvalue weighted by molar-refractivity contribution is 7.89. The summed E-state index contributed by atoms with van der Waals surface area (Å²) in [6, 6.07) is 4.91. The highest BCUT2D eigenvalue weighted by atomic mass is 32.2. The zero-order valence-electron chi connectivity index (χ0n) is 13.0. The number of rotatable bonds is 7. The molecule has 1 aromatic carbocycles. The van der Waals surface area contributed by atoms with Crippen molar-refractivity contribution >= 4 is 21.6 Å². The Morgan fingerprint density at radius 2 is 2.05 bits per heavy atom. The molecule has 122 valence electrons. The van der Waals surface area contributed by atoms with Gasteiger partial charge >= 0.3 is 0 Å². The lowest BCUT2D eigenvalue weighted by molar-refractivity contribution is -0.118. The second-order valence-corrected chi connectivity index (χ2v) is 7.11. The molecule has 0 unspecified atom stereocenters. The van der Waals surface area contributed by atoms with Crippen LogP contribution < -0.4 is 9.62 Å². The molecule has 22 heavy (non-hydrogen) atoms. The number of hydrogen-bond acceptors (Lipinski definition) is 4. The Kier molecular flexibility index (Phi) is 5.55. The summed E-state index contributed by atoms with van der Waals surface area (Å²) in [7, 11) is -0.171. The van der Waals surface area contributed by atoms with Crippen molar-refractivity contribution in [2.45, 2.75) is 30.6 Å². The summed E-state index contributed by atoms with van der Waals surface area (Å²) in [4.78, 5) is 13.5. The zero-order valence-corrected chi connectivity index (χ0v) is 13.8.